The molecule has 1 aliphatic heterocycles. The van der Waals surface area contributed by atoms with Gasteiger partial charge >= 0.3 is 6.09 Å². The lowest BCUT2D eigenvalue weighted by Gasteiger charge is -2.40. The summed E-state index contributed by atoms with van der Waals surface area (Å²) in [5.74, 6) is 0. The molecule has 2 atom stereocenters. The van der Waals surface area contributed by atoms with E-state index in [1.165, 1.54) is 0 Å². The van der Waals surface area contributed by atoms with Crippen LogP contribution in [0.25, 0.3) is 0 Å². The van der Waals surface area contributed by atoms with Crippen LogP contribution in [-0.4, -0.2) is 55.1 Å². The molecule has 0 aromatic heterocycles. The molecule has 1 aliphatic rings. The van der Waals surface area contributed by atoms with Gasteiger partial charge in [0.25, 0.3) is 0 Å². The van der Waals surface area contributed by atoms with E-state index < -0.39 is 11.3 Å². The fourth-order valence-corrected chi connectivity index (χ4v) is 2.17. The van der Waals surface area contributed by atoms with Gasteiger partial charge in [-0.3, -0.25) is 5.32 Å². The standard InChI is InChI=1S/C14H29N3O3/c1-6-14(15)10-17(12(18)20-13(2,3)4)9-11(19-5)7-8-16-14/h11,16H,6-10,15H2,1-5H3/t11-,14+/m1/s1. The van der Waals surface area contributed by atoms with E-state index in [2.05, 4.69) is 5.32 Å². The van der Waals surface area contributed by atoms with Crippen molar-refractivity contribution in [2.45, 2.75) is 57.9 Å². The van der Waals surface area contributed by atoms with Crippen LogP contribution in [0.15, 0.2) is 0 Å². The molecule has 1 amide bonds. The van der Waals surface area contributed by atoms with Gasteiger partial charge in [0, 0.05) is 7.11 Å². The lowest BCUT2D eigenvalue weighted by Crippen LogP contribution is -2.63. The zero-order valence-corrected chi connectivity index (χ0v) is 13.4. The third-order valence-corrected chi connectivity index (χ3v) is 3.46. The third kappa shape index (κ3) is 5.26. The summed E-state index contributed by atoms with van der Waals surface area (Å²) in [4.78, 5) is 14.0. The van der Waals surface area contributed by atoms with Gasteiger partial charge in [-0.2, -0.15) is 0 Å². The number of nitrogens with zero attached hydrogens (tertiary/aromatic N) is 1. The van der Waals surface area contributed by atoms with E-state index in [-0.39, 0.29) is 12.2 Å². The minimum absolute atomic E-state index is 0.00331. The number of amides is 1. The van der Waals surface area contributed by atoms with Crippen LogP contribution in [0, 0.1) is 0 Å². The zero-order chi connectivity index (χ0) is 15.4. The number of carbonyl (C=O) groups is 1. The second-order valence-electron chi connectivity index (χ2n) is 6.44. The van der Waals surface area contributed by atoms with Gasteiger partial charge in [-0.05, 0) is 40.2 Å². The normalized spacial score (nSPS) is 28.7. The van der Waals surface area contributed by atoms with Gasteiger partial charge in [0.2, 0.25) is 0 Å². The fraction of sp³-hybridized carbons (Fsp3) is 0.929. The van der Waals surface area contributed by atoms with E-state index in [1.54, 1.807) is 12.0 Å². The van der Waals surface area contributed by atoms with Crippen LogP contribution in [0.5, 0.6) is 0 Å². The van der Waals surface area contributed by atoms with E-state index in [1.807, 2.05) is 27.7 Å². The molecule has 6 nitrogen and oxygen atoms in total. The highest BCUT2D eigenvalue weighted by molar-refractivity contribution is 5.68. The number of methoxy groups -OCH3 is 1. The summed E-state index contributed by atoms with van der Waals surface area (Å²) in [6, 6.07) is 0. The van der Waals surface area contributed by atoms with Crippen LogP contribution in [0.1, 0.15) is 40.5 Å². The number of rotatable bonds is 2. The largest absolute Gasteiger partial charge is 0.444 e. The van der Waals surface area contributed by atoms with Gasteiger partial charge in [0.15, 0.2) is 0 Å². The van der Waals surface area contributed by atoms with E-state index in [0.29, 0.717) is 13.1 Å². The number of nitrogens with one attached hydrogen (secondary N) is 1. The van der Waals surface area contributed by atoms with E-state index >= 15 is 0 Å². The van der Waals surface area contributed by atoms with E-state index in [4.69, 9.17) is 15.2 Å². The van der Waals surface area contributed by atoms with Crippen molar-refractivity contribution in [1.29, 1.82) is 0 Å². The number of hydrogen-bond donors (Lipinski definition) is 2. The molecule has 20 heavy (non-hydrogen) atoms. The zero-order valence-electron chi connectivity index (χ0n) is 13.4. The summed E-state index contributed by atoms with van der Waals surface area (Å²) in [6.07, 6.45) is 1.21. The Labute approximate surface area is 122 Å². The Morgan fingerprint density at radius 2 is 2.15 bits per heavy atom. The molecule has 1 saturated heterocycles. The molecular weight excluding hydrogens is 258 g/mol. The van der Waals surface area contributed by atoms with Crippen molar-refractivity contribution >= 4 is 6.09 Å². The Morgan fingerprint density at radius 3 is 2.65 bits per heavy atom. The first-order valence-corrected chi connectivity index (χ1v) is 7.24. The maximum Gasteiger partial charge on any atom is 0.410 e. The van der Waals surface area contributed by atoms with Gasteiger partial charge in [-0.15, -0.1) is 0 Å². The SMILES string of the molecule is CC[C@@]1(N)CN(C(=O)OC(C)(C)C)C[C@H](OC)CCN1. The molecule has 0 aromatic rings. The van der Waals surface area contributed by atoms with Gasteiger partial charge < -0.3 is 20.1 Å². The fourth-order valence-electron chi connectivity index (χ4n) is 2.17. The monoisotopic (exact) mass is 287 g/mol. The van der Waals surface area contributed by atoms with Crippen LogP contribution in [0.2, 0.25) is 0 Å². The molecule has 118 valence electrons. The number of ether oxygens (including phenoxy) is 2. The summed E-state index contributed by atoms with van der Waals surface area (Å²) in [7, 11) is 1.66. The molecule has 0 spiro atoms. The molecule has 6 heteroatoms. The van der Waals surface area contributed by atoms with E-state index in [0.717, 1.165) is 19.4 Å². The number of nitrogens with two attached hydrogens (primary N) is 1. The Kier molecular flexibility index (Phi) is 5.79. The number of carbonyl (C=O) groups excluding carboxylic acids is 1. The Balaban J connectivity index is 2.82. The first kappa shape index (κ1) is 17.2. The van der Waals surface area contributed by atoms with E-state index in [9.17, 15) is 4.79 Å². The minimum atomic E-state index is -0.574. The van der Waals surface area contributed by atoms with Crippen molar-refractivity contribution < 1.29 is 14.3 Å². The van der Waals surface area contributed by atoms with Crippen molar-refractivity contribution in [3.05, 3.63) is 0 Å². The maximum absolute atomic E-state index is 12.3. The van der Waals surface area contributed by atoms with Gasteiger partial charge in [0.1, 0.15) is 5.60 Å². The summed E-state index contributed by atoms with van der Waals surface area (Å²) < 4.78 is 10.9. The summed E-state index contributed by atoms with van der Waals surface area (Å²) in [5, 5.41) is 3.31. The predicted octanol–water partition coefficient (Wildman–Crippen LogP) is 1.30. The Bertz CT molecular complexity index is 330. The smallest absolute Gasteiger partial charge is 0.410 e. The van der Waals surface area contributed by atoms with Crippen molar-refractivity contribution in [2.75, 3.05) is 26.7 Å². The van der Waals surface area contributed by atoms with Crippen molar-refractivity contribution in [3.63, 3.8) is 0 Å². The minimum Gasteiger partial charge on any atom is -0.444 e. The first-order valence-electron chi connectivity index (χ1n) is 7.24. The second kappa shape index (κ2) is 6.74. The summed E-state index contributed by atoms with van der Waals surface area (Å²) in [6.45, 7) is 9.29. The van der Waals surface area contributed by atoms with Crippen molar-refractivity contribution in [3.8, 4) is 0 Å². The molecule has 1 rings (SSSR count). The van der Waals surface area contributed by atoms with Crippen LogP contribution in [0.4, 0.5) is 4.79 Å². The molecule has 1 fully saturated rings. The van der Waals surface area contributed by atoms with Gasteiger partial charge in [-0.25, -0.2) is 4.79 Å². The molecular formula is C14H29N3O3. The lowest BCUT2D eigenvalue weighted by molar-refractivity contribution is -0.00655. The quantitative estimate of drug-likeness (QED) is 0.800. The first-order chi connectivity index (χ1) is 9.19. The molecule has 3 N–H and O–H groups in total. The highest BCUT2D eigenvalue weighted by atomic mass is 16.6. The van der Waals surface area contributed by atoms with Gasteiger partial charge in [-0.1, -0.05) is 6.92 Å². The molecule has 0 saturated carbocycles. The van der Waals surface area contributed by atoms with Crippen molar-refractivity contribution in [2.24, 2.45) is 5.73 Å². The molecule has 0 unspecified atom stereocenters. The highest BCUT2D eigenvalue weighted by Gasteiger charge is 2.33. The number of hydrogen-bond acceptors (Lipinski definition) is 5. The highest BCUT2D eigenvalue weighted by Crippen LogP contribution is 2.16. The summed E-state index contributed by atoms with van der Waals surface area (Å²) >= 11 is 0. The average Bonchev–Trinajstić information content (AvgIpc) is 2.31. The molecule has 0 aromatic carbocycles. The molecule has 0 radical (unpaired) electrons. The van der Waals surface area contributed by atoms with Crippen LogP contribution in [-0.2, 0) is 9.47 Å². The van der Waals surface area contributed by atoms with Crippen LogP contribution < -0.4 is 11.1 Å². The second-order valence-corrected chi connectivity index (χ2v) is 6.44. The third-order valence-electron chi connectivity index (χ3n) is 3.46. The molecule has 0 bridgehead atoms. The average molecular weight is 287 g/mol. The maximum atomic E-state index is 12.3. The van der Waals surface area contributed by atoms with Crippen molar-refractivity contribution in [1.82, 2.24) is 10.2 Å². The van der Waals surface area contributed by atoms with Crippen LogP contribution >= 0.6 is 0 Å². The van der Waals surface area contributed by atoms with Gasteiger partial charge in [0.05, 0.1) is 24.9 Å². The van der Waals surface area contributed by atoms with Crippen LogP contribution in [0.3, 0.4) is 0 Å². The Hall–Kier alpha value is -0.850. The molecule has 0 aliphatic carbocycles. The Morgan fingerprint density at radius 1 is 1.50 bits per heavy atom. The topological polar surface area (TPSA) is 76.8 Å². The lowest BCUT2D eigenvalue weighted by atomic mass is 10.0. The summed E-state index contributed by atoms with van der Waals surface area (Å²) in [5.41, 5.74) is 5.22. The predicted molar refractivity (Wildman–Crippen MR) is 78.4 cm³/mol. The molecule has 1 heterocycles.